The summed E-state index contributed by atoms with van der Waals surface area (Å²) < 4.78 is 0.667. The summed E-state index contributed by atoms with van der Waals surface area (Å²) in [5.74, 6) is 0.220. The van der Waals surface area contributed by atoms with Crippen LogP contribution in [0.25, 0.3) is 10.8 Å². The first kappa shape index (κ1) is 19.8. The van der Waals surface area contributed by atoms with E-state index < -0.39 is 0 Å². The van der Waals surface area contributed by atoms with Gasteiger partial charge in [-0.3, -0.25) is 14.9 Å². The van der Waals surface area contributed by atoms with Gasteiger partial charge < -0.3 is 9.80 Å². The molecule has 1 aliphatic rings. The molecule has 7 nitrogen and oxygen atoms in total. The maximum atomic E-state index is 12.7. The van der Waals surface area contributed by atoms with Gasteiger partial charge >= 0.3 is 0 Å². The van der Waals surface area contributed by atoms with E-state index >= 15 is 0 Å². The molecule has 1 saturated heterocycles. The van der Waals surface area contributed by atoms with Crippen molar-refractivity contribution in [3.63, 3.8) is 0 Å². The van der Waals surface area contributed by atoms with Crippen LogP contribution in [0.5, 0.6) is 0 Å². The molecule has 9 heteroatoms. The first-order chi connectivity index (χ1) is 14.1. The molecule has 3 aromatic rings. The van der Waals surface area contributed by atoms with Gasteiger partial charge in [0.15, 0.2) is 4.34 Å². The summed E-state index contributed by atoms with van der Waals surface area (Å²) in [6.07, 6.45) is 0. The quantitative estimate of drug-likeness (QED) is 0.498. The van der Waals surface area contributed by atoms with Gasteiger partial charge in [-0.25, -0.2) is 0 Å². The predicted molar refractivity (Wildman–Crippen MR) is 117 cm³/mol. The first-order valence-electron chi connectivity index (χ1n) is 9.32. The molecule has 0 aliphatic carbocycles. The molecule has 2 amide bonds. The molecule has 0 unspecified atom stereocenters. The van der Waals surface area contributed by atoms with Crippen LogP contribution in [0.4, 0.5) is 5.13 Å². The van der Waals surface area contributed by atoms with Crippen molar-refractivity contribution >= 4 is 50.8 Å². The van der Waals surface area contributed by atoms with E-state index in [-0.39, 0.29) is 11.8 Å². The Morgan fingerprint density at radius 1 is 1.07 bits per heavy atom. The van der Waals surface area contributed by atoms with E-state index in [9.17, 15) is 9.59 Å². The van der Waals surface area contributed by atoms with Gasteiger partial charge in [0.2, 0.25) is 11.0 Å². The Balaban J connectivity index is 1.35. The van der Waals surface area contributed by atoms with Gasteiger partial charge in [-0.1, -0.05) is 59.5 Å². The van der Waals surface area contributed by atoms with E-state index in [0.717, 1.165) is 37.0 Å². The smallest absolute Gasteiger partial charge is 0.258 e. The van der Waals surface area contributed by atoms with Crippen molar-refractivity contribution in [2.24, 2.45) is 0 Å². The lowest BCUT2D eigenvalue weighted by molar-refractivity contribution is -0.129. The number of amides is 2. The third kappa shape index (κ3) is 4.75. The van der Waals surface area contributed by atoms with Gasteiger partial charge in [0, 0.05) is 31.7 Å². The largest absolute Gasteiger partial charge is 0.339 e. The van der Waals surface area contributed by atoms with E-state index in [0.29, 0.717) is 20.8 Å². The fraction of sp³-hybridized carbons (Fsp3) is 0.300. The maximum absolute atomic E-state index is 12.7. The molecule has 1 fully saturated rings. The molecule has 4 rings (SSSR count). The molecule has 150 valence electrons. The number of thioether (sulfide) groups is 1. The zero-order valence-corrected chi connectivity index (χ0v) is 17.6. The first-order valence-corrected chi connectivity index (χ1v) is 11.1. The van der Waals surface area contributed by atoms with Crippen molar-refractivity contribution in [3.05, 3.63) is 48.0 Å². The van der Waals surface area contributed by atoms with Crippen LogP contribution >= 0.6 is 23.1 Å². The minimum absolute atomic E-state index is 0.111. The molecule has 0 spiro atoms. The fourth-order valence-electron chi connectivity index (χ4n) is 3.18. The van der Waals surface area contributed by atoms with E-state index in [4.69, 9.17) is 0 Å². The lowest BCUT2D eigenvalue weighted by Crippen LogP contribution is -2.47. The molecule has 2 heterocycles. The average Bonchev–Trinajstić information content (AvgIpc) is 3.19. The number of hydrogen-bond acceptors (Lipinski definition) is 7. The van der Waals surface area contributed by atoms with E-state index in [1.807, 2.05) is 41.3 Å². The Morgan fingerprint density at radius 2 is 1.83 bits per heavy atom. The Morgan fingerprint density at radius 3 is 2.66 bits per heavy atom. The van der Waals surface area contributed by atoms with Crippen molar-refractivity contribution in [2.75, 3.05) is 44.3 Å². The minimum atomic E-state index is -0.219. The zero-order chi connectivity index (χ0) is 20.2. The number of nitrogens with zero attached hydrogens (tertiary/aromatic N) is 4. The SMILES string of the molecule is CN1CCN(C(=O)CSc2nnc(NC(=O)c3cccc4ccccc34)s2)CC1. The lowest BCUT2D eigenvalue weighted by Gasteiger charge is -2.32. The van der Waals surface area contributed by atoms with Gasteiger partial charge in [0.25, 0.3) is 5.91 Å². The summed E-state index contributed by atoms with van der Waals surface area (Å²) in [7, 11) is 2.06. The number of likely N-dealkylation sites (N-methyl/N-ethyl adjacent to an activating group) is 1. The molecular weight excluding hydrogens is 406 g/mol. The molecule has 1 aromatic heterocycles. The monoisotopic (exact) mass is 427 g/mol. The molecule has 0 radical (unpaired) electrons. The normalized spacial score (nSPS) is 14.9. The van der Waals surface area contributed by atoms with Crippen LogP contribution in [0, 0.1) is 0 Å². The Kier molecular flexibility index (Phi) is 6.08. The van der Waals surface area contributed by atoms with Crippen molar-refractivity contribution in [2.45, 2.75) is 4.34 Å². The minimum Gasteiger partial charge on any atom is -0.339 e. The van der Waals surface area contributed by atoms with Crippen LogP contribution in [-0.4, -0.2) is 70.8 Å². The second-order valence-corrected chi connectivity index (χ2v) is 9.03. The van der Waals surface area contributed by atoms with E-state index in [2.05, 4.69) is 27.5 Å². The summed E-state index contributed by atoms with van der Waals surface area (Å²) >= 11 is 2.64. The lowest BCUT2D eigenvalue weighted by atomic mass is 10.0. The van der Waals surface area contributed by atoms with Crippen molar-refractivity contribution in [3.8, 4) is 0 Å². The number of carbonyl (C=O) groups excluding carboxylic acids is 2. The van der Waals surface area contributed by atoms with E-state index in [1.54, 1.807) is 6.07 Å². The van der Waals surface area contributed by atoms with Gasteiger partial charge in [-0.15, -0.1) is 10.2 Å². The number of aromatic nitrogens is 2. The topological polar surface area (TPSA) is 78.4 Å². The Bertz CT molecular complexity index is 1030. The number of fused-ring (bicyclic) bond motifs is 1. The molecule has 0 atom stereocenters. The highest BCUT2D eigenvalue weighted by atomic mass is 32.2. The molecular formula is C20H21N5O2S2. The van der Waals surface area contributed by atoms with Gasteiger partial charge in [-0.05, 0) is 23.9 Å². The molecule has 0 bridgehead atoms. The van der Waals surface area contributed by atoms with Crippen LogP contribution in [0.2, 0.25) is 0 Å². The number of benzene rings is 2. The number of rotatable bonds is 5. The fourth-order valence-corrected chi connectivity index (χ4v) is 4.83. The Labute approximate surface area is 177 Å². The molecule has 1 aliphatic heterocycles. The summed E-state index contributed by atoms with van der Waals surface area (Å²) in [6.45, 7) is 3.33. The molecule has 1 N–H and O–H groups in total. The van der Waals surface area contributed by atoms with Gasteiger partial charge in [0.05, 0.1) is 5.75 Å². The van der Waals surface area contributed by atoms with Crippen LogP contribution in [0.1, 0.15) is 10.4 Å². The van der Waals surface area contributed by atoms with Crippen LogP contribution in [0.15, 0.2) is 46.8 Å². The molecule has 2 aromatic carbocycles. The average molecular weight is 428 g/mol. The van der Waals surface area contributed by atoms with Crippen LogP contribution in [-0.2, 0) is 4.79 Å². The summed E-state index contributed by atoms with van der Waals surface area (Å²) in [6, 6.07) is 13.4. The summed E-state index contributed by atoms with van der Waals surface area (Å²) in [5.41, 5.74) is 0.595. The number of hydrogen-bond donors (Lipinski definition) is 1. The Hall–Kier alpha value is -2.49. The van der Waals surface area contributed by atoms with E-state index in [1.165, 1.54) is 23.1 Å². The van der Waals surface area contributed by atoms with Gasteiger partial charge in [0.1, 0.15) is 0 Å². The predicted octanol–water partition coefficient (Wildman–Crippen LogP) is 2.81. The maximum Gasteiger partial charge on any atom is 0.258 e. The zero-order valence-electron chi connectivity index (χ0n) is 16.0. The summed E-state index contributed by atoms with van der Waals surface area (Å²) in [5, 5.41) is 13.3. The number of nitrogens with one attached hydrogen (secondary N) is 1. The molecule has 29 heavy (non-hydrogen) atoms. The third-order valence-corrected chi connectivity index (χ3v) is 6.79. The highest BCUT2D eigenvalue weighted by Gasteiger charge is 2.20. The second-order valence-electron chi connectivity index (χ2n) is 6.83. The number of carbonyl (C=O) groups is 2. The van der Waals surface area contributed by atoms with Crippen LogP contribution in [0.3, 0.4) is 0 Å². The number of piperazine rings is 1. The van der Waals surface area contributed by atoms with Gasteiger partial charge in [-0.2, -0.15) is 0 Å². The second kappa shape index (κ2) is 8.89. The highest BCUT2D eigenvalue weighted by Crippen LogP contribution is 2.27. The van der Waals surface area contributed by atoms with Crippen molar-refractivity contribution in [1.29, 1.82) is 0 Å². The van der Waals surface area contributed by atoms with Crippen molar-refractivity contribution < 1.29 is 9.59 Å². The van der Waals surface area contributed by atoms with Crippen LogP contribution < -0.4 is 5.32 Å². The molecule has 0 saturated carbocycles. The summed E-state index contributed by atoms with van der Waals surface area (Å²) in [4.78, 5) is 29.1. The third-order valence-electron chi connectivity index (χ3n) is 4.84. The number of anilines is 1. The standard InChI is InChI=1S/C20H21N5O2S2/c1-24-9-11-25(12-10-24)17(26)13-28-20-23-22-19(29-20)21-18(27)16-8-4-6-14-5-2-3-7-15(14)16/h2-8H,9-13H2,1H3,(H,21,22,27). The van der Waals surface area contributed by atoms with Crippen molar-refractivity contribution in [1.82, 2.24) is 20.0 Å². The highest BCUT2D eigenvalue weighted by molar-refractivity contribution is 8.01.